The Hall–Kier alpha value is -2.96. The predicted molar refractivity (Wildman–Crippen MR) is 80.5 cm³/mol. The Morgan fingerprint density at radius 2 is 2.18 bits per heavy atom. The molecule has 0 bridgehead atoms. The number of pyridine rings is 2. The number of esters is 1. The molecule has 0 saturated heterocycles. The lowest BCUT2D eigenvalue weighted by Crippen LogP contribution is -2.08. The first-order valence-electron chi connectivity index (χ1n) is 6.93. The lowest BCUT2D eigenvalue weighted by molar-refractivity contribution is 0.0526. The van der Waals surface area contributed by atoms with Crippen LogP contribution in [0, 0.1) is 0 Å². The highest BCUT2D eigenvalue weighted by molar-refractivity contribution is 5.89. The summed E-state index contributed by atoms with van der Waals surface area (Å²) < 4.78 is 6.82. The van der Waals surface area contributed by atoms with E-state index in [1.54, 1.807) is 19.1 Å². The van der Waals surface area contributed by atoms with Crippen LogP contribution in [-0.2, 0) is 11.3 Å². The summed E-state index contributed by atoms with van der Waals surface area (Å²) >= 11 is 0. The zero-order valence-corrected chi connectivity index (χ0v) is 12.1. The topological polar surface area (TPSA) is 81.4 Å². The molecule has 3 aromatic rings. The molecule has 7 heteroatoms. The van der Waals surface area contributed by atoms with E-state index >= 15 is 0 Å². The SMILES string of the molecule is CCOC(=O)c1ccc(NCc2nnc3ccccn23)nc1. The summed E-state index contributed by atoms with van der Waals surface area (Å²) in [6.07, 6.45) is 3.39. The average molecular weight is 297 g/mol. The van der Waals surface area contributed by atoms with Crippen molar-refractivity contribution < 1.29 is 9.53 Å². The zero-order chi connectivity index (χ0) is 15.4. The Bertz CT molecular complexity index is 782. The lowest BCUT2D eigenvalue weighted by atomic mass is 10.3. The number of rotatable bonds is 5. The van der Waals surface area contributed by atoms with Gasteiger partial charge in [-0.25, -0.2) is 9.78 Å². The molecule has 0 fully saturated rings. The molecule has 3 rings (SSSR count). The van der Waals surface area contributed by atoms with Crippen LogP contribution in [0.2, 0.25) is 0 Å². The molecule has 3 heterocycles. The second-order valence-corrected chi connectivity index (χ2v) is 4.55. The second-order valence-electron chi connectivity index (χ2n) is 4.55. The van der Waals surface area contributed by atoms with Gasteiger partial charge in [0.15, 0.2) is 11.5 Å². The zero-order valence-electron chi connectivity index (χ0n) is 12.1. The summed E-state index contributed by atoms with van der Waals surface area (Å²) in [5, 5.41) is 11.4. The van der Waals surface area contributed by atoms with E-state index in [1.807, 2.05) is 28.8 Å². The first-order valence-corrected chi connectivity index (χ1v) is 6.93. The highest BCUT2D eigenvalue weighted by Gasteiger charge is 2.07. The molecule has 1 N–H and O–H groups in total. The van der Waals surface area contributed by atoms with Crippen LogP contribution in [0.1, 0.15) is 23.1 Å². The third-order valence-electron chi connectivity index (χ3n) is 3.09. The van der Waals surface area contributed by atoms with E-state index < -0.39 is 0 Å². The molecule has 0 saturated carbocycles. The maximum Gasteiger partial charge on any atom is 0.339 e. The number of nitrogens with one attached hydrogen (secondary N) is 1. The number of hydrogen-bond donors (Lipinski definition) is 1. The summed E-state index contributed by atoms with van der Waals surface area (Å²) in [6, 6.07) is 9.14. The van der Waals surface area contributed by atoms with Crippen molar-refractivity contribution in [2.75, 3.05) is 11.9 Å². The smallest absolute Gasteiger partial charge is 0.339 e. The summed E-state index contributed by atoms with van der Waals surface area (Å²) in [4.78, 5) is 15.7. The van der Waals surface area contributed by atoms with E-state index in [9.17, 15) is 4.79 Å². The van der Waals surface area contributed by atoms with Gasteiger partial charge < -0.3 is 10.1 Å². The highest BCUT2D eigenvalue weighted by atomic mass is 16.5. The van der Waals surface area contributed by atoms with Gasteiger partial charge in [-0.15, -0.1) is 10.2 Å². The molecule has 22 heavy (non-hydrogen) atoms. The highest BCUT2D eigenvalue weighted by Crippen LogP contribution is 2.09. The monoisotopic (exact) mass is 297 g/mol. The maximum absolute atomic E-state index is 11.5. The normalized spacial score (nSPS) is 10.6. The molecule has 0 aliphatic rings. The van der Waals surface area contributed by atoms with E-state index in [-0.39, 0.29) is 5.97 Å². The predicted octanol–water partition coefficient (Wildman–Crippen LogP) is 1.91. The number of hydrogen-bond acceptors (Lipinski definition) is 6. The number of fused-ring (bicyclic) bond motifs is 1. The third-order valence-corrected chi connectivity index (χ3v) is 3.09. The van der Waals surface area contributed by atoms with Gasteiger partial charge in [-0.05, 0) is 31.2 Å². The minimum atomic E-state index is -0.370. The van der Waals surface area contributed by atoms with Crippen molar-refractivity contribution in [3.8, 4) is 0 Å². The van der Waals surface area contributed by atoms with Gasteiger partial charge in [0.05, 0.1) is 18.7 Å². The molecule has 0 amide bonds. The van der Waals surface area contributed by atoms with Crippen molar-refractivity contribution in [2.45, 2.75) is 13.5 Å². The van der Waals surface area contributed by atoms with Crippen LogP contribution < -0.4 is 5.32 Å². The Morgan fingerprint density at radius 1 is 1.27 bits per heavy atom. The number of ether oxygens (including phenoxy) is 1. The number of nitrogens with zero attached hydrogens (tertiary/aromatic N) is 4. The van der Waals surface area contributed by atoms with Gasteiger partial charge in [0.25, 0.3) is 0 Å². The van der Waals surface area contributed by atoms with Gasteiger partial charge in [-0.2, -0.15) is 0 Å². The fourth-order valence-electron chi connectivity index (χ4n) is 2.01. The van der Waals surface area contributed by atoms with Crippen molar-refractivity contribution in [1.29, 1.82) is 0 Å². The van der Waals surface area contributed by atoms with Gasteiger partial charge in [-0.1, -0.05) is 6.07 Å². The molecule has 7 nitrogen and oxygen atoms in total. The van der Waals surface area contributed by atoms with E-state index in [1.165, 1.54) is 6.20 Å². The van der Waals surface area contributed by atoms with E-state index in [0.717, 1.165) is 11.5 Å². The van der Waals surface area contributed by atoms with Gasteiger partial charge >= 0.3 is 5.97 Å². The Balaban J connectivity index is 1.68. The van der Waals surface area contributed by atoms with Gasteiger partial charge in [0.2, 0.25) is 0 Å². The maximum atomic E-state index is 11.5. The molecule has 112 valence electrons. The summed E-state index contributed by atoms with van der Waals surface area (Å²) in [5.74, 6) is 1.07. The fourth-order valence-corrected chi connectivity index (χ4v) is 2.01. The van der Waals surface area contributed by atoms with Crippen LogP contribution in [0.15, 0.2) is 42.7 Å². The Kier molecular flexibility index (Phi) is 3.95. The number of anilines is 1. The number of carbonyl (C=O) groups is 1. The first-order chi connectivity index (χ1) is 10.8. The molecular formula is C15H15N5O2. The molecular weight excluding hydrogens is 282 g/mol. The van der Waals surface area contributed by atoms with E-state index in [4.69, 9.17) is 4.74 Å². The molecule has 0 atom stereocenters. The van der Waals surface area contributed by atoms with Gasteiger partial charge in [0, 0.05) is 12.4 Å². The van der Waals surface area contributed by atoms with Crippen molar-refractivity contribution in [2.24, 2.45) is 0 Å². The van der Waals surface area contributed by atoms with Crippen LogP contribution >= 0.6 is 0 Å². The van der Waals surface area contributed by atoms with Crippen molar-refractivity contribution in [1.82, 2.24) is 19.6 Å². The van der Waals surface area contributed by atoms with Crippen LogP contribution in [0.4, 0.5) is 5.82 Å². The summed E-state index contributed by atoms with van der Waals surface area (Å²) in [7, 11) is 0. The molecule has 0 aliphatic heterocycles. The van der Waals surface area contributed by atoms with E-state index in [0.29, 0.717) is 24.5 Å². The minimum absolute atomic E-state index is 0.346. The number of aromatic nitrogens is 4. The summed E-state index contributed by atoms with van der Waals surface area (Å²) in [5.41, 5.74) is 1.23. The number of carbonyl (C=O) groups excluding carboxylic acids is 1. The first kappa shape index (κ1) is 14.0. The second kappa shape index (κ2) is 6.21. The quantitative estimate of drug-likeness (QED) is 0.724. The largest absolute Gasteiger partial charge is 0.462 e. The third kappa shape index (κ3) is 2.88. The van der Waals surface area contributed by atoms with Crippen LogP contribution in [-0.4, -0.2) is 32.2 Å². The van der Waals surface area contributed by atoms with Crippen LogP contribution in [0.3, 0.4) is 0 Å². The molecule has 0 aromatic carbocycles. The molecule has 0 spiro atoms. The Morgan fingerprint density at radius 3 is 2.95 bits per heavy atom. The molecule has 0 unspecified atom stereocenters. The summed E-state index contributed by atoms with van der Waals surface area (Å²) in [6.45, 7) is 2.60. The van der Waals surface area contributed by atoms with Gasteiger partial charge in [0.1, 0.15) is 5.82 Å². The fraction of sp³-hybridized carbons (Fsp3) is 0.200. The van der Waals surface area contributed by atoms with Crippen LogP contribution in [0.25, 0.3) is 5.65 Å². The molecule has 0 aliphatic carbocycles. The lowest BCUT2D eigenvalue weighted by Gasteiger charge is -2.05. The van der Waals surface area contributed by atoms with E-state index in [2.05, 4.69) is 20.5 Å². The Labute approximate surface area is 127 Å². The minimum Gasteiger partial charge on any atom is -0.462 e. The molecule has 3 aromatic heterocycles. The van der Waals surface area contributed by atoms with Crippen molar-refractivity contribution >= 4 is 17.4 Å². The average Bonchev–Trinajstić information content (AvgIpc) is 2.97. The van der Waals surface area contributed by atoms with Crippen LogP contribution in [0.5, 0.6) is 0 Å². The standard InChI is InChI=1S/C15H15N5O2/c1-2-22-15(21)11-6-7-12(16-9-11)17-10-14-19-18-13-5-3-4-8-20(13)14/h3-9H,2,10H2,1H3,(H,16,17). The molecule has 0 radical (unpaired) electrons. The van der Waals surface area contributed by atoms with Crippen molar-refractivity contribution in [3.63, 3.8) is 0 Å². The van der Waals surface area contributed by atoms with Crippen molar-refractivity contribution in [3.05, 3.63) is 54.1 Å². The van der Waals surface area contributed by atoms with Gasteiger partial charge in [-0.3, -0.25) is 4.40 Å².